The number of carbonyl (C=O) groups is 2. The number of alkyl carbamates (subject to hydrolysis) is 1. The fraction of sp³-hybridized carbons (Fsp3) is 0.621. The van der Waals surface area contributed by atoms with Crippen molar-refractivity contribution in [2.24, 2.45) is 10.9 Å². The van der Waals surface area contributed by atoms with Crippen molar-refractivity contribution in [2.45, 2.75) is 95.7 Å². The van der Waals surface area contributed by atoms with Crippen LogP contribution in [0.2, 0.25) is 0 Å². The van der Waals surface area contributed by atoms with E-state index in [1.54, 1.807) is 6.92 Å². The number of benzene rings is 1. The molecule has 1 aromatic carbocycles. The molecule has 0 spiro atoms. The van der Waals surface area contributed by atoms with Crippen LogP contribution in [0, 0.1) is 5.92 Å². The Morgan fingerprint density at radius 1 is 1.10 bits per heavy atom. The Morgan fingerprint density at radius 2 is 1.77 bits per heavy atom. The molecule has 2 bridgehead atoms. The molecule has 0 radical (unpaired) electrons. The monoisotopic (exact) mass is 537 g/mol. The minimum Gasteiger partial charge on any atom is -0.453 e. The lowest BCUT2D eigenvalue weighted by atomic mass is 9.78. The van der Waals surface area contributed by atoms with Crippen LogP contribution in [0.1, 0.15) is 65.9 Å². The van der Waals surface area contributed by atoms with Gasteiger partial charge in [-0.05, 0) is 76.4 Å². The summed E-state index contributed by atoms with van der Waals surface area (Å²) in [5.41, 5.74) is 3.43. The summed E-state index contributed by atoms with van der Waals surface area (Å²) in [5.74, 6) is 0.225. The number of nitrogens with zero attached hydrogens (tertiary/aromatic N) is 2. The van der Waals surface area contributed by atoms with Crippen molar-refractivity contribution in [3.8, 4) is 0 Å². The first kappa shape index (κ1) is 27.9. The van der Waals surface area contributed by atoms with Crippen molar-refractivity contribution in [3.05, 3.63) is 36.0 Å². The third kappa shape index (κ3) is 5.03. The molecule has 4 aliphatic rings. The van der Waals surface area contributed by atoms with Gasteiger partial charge in [0.05, 0.1) is 30.5 Å². The molecule has 2 amide bonds. The number of allylic oxidation sites excluding steroid dienone is 1. The molecular formula is C29H40BN3O6. The van der Waals surface area contributed by atoms with Crippen LogP contribution < -0.4 is 10.8 Å². The number of rotatable bonds is 7. The van der Waals surface area contributed by atoms with Gasteiger partial charge in [0.15, 0.2) is 0 Å². The van der Waals surface area contributed by atoms with E-state index in [1.165, 1.54) is 14.2 Å². The molecule has 1 N–H and O–H groups in total. The lowest BCUT2D eigenvalue weighted by Gasteiger charge is -2.38. The molecule has 9 nitrogen and oxygen atoms in total. The smallest absolute Gasteiger partial charge is 0.453 e. The van der Waals surface area contributed by atoms with E-state index in [0.29, 0.717) is 12.3 Å². The summed E-state index contributed by atoms with van der Waals surface area (Å²) in [6.07, 6.45) is 4.46. The maximum atomic E-state index is 13.8. The first-order valence-corrected chi connectivity index (χ1v) is 13.9. The Kier molecular flexibility index (Phi) is 7.41. The Balaban J connectivity index is 1.29. The molecular weight excluding hydrogens is 497 g/mol. The summed E-state index contributed by atoms with van der Waals surface area (Å²) in [6, 6.07) is 7.51. The van der Waals surface area contributed by atoms with Crippen LogP contribution in [-0.2, 0) is 23.6 Å². The number of ether oxygens (including phenoxy) is 2. The van der Waals surface area contributed by atoms with Crippen molar-refractivity contribution in [3.63, 3.8) is 0 Å². The van der Waals surface area contributed by atoms with Gasteiger partial charge in [-0.2, -0.15) is 0 Å². The van der Waals surface area contributed by atoms with E-state index in [2.05, 4.69) is 57.3 Å². The first-order valence-electron chi connectivity index (χ1n) is 13.9. The highest BCUT2D eigenvalue weighted by Crippen LogP contribution is 2.45. The predicted octanol–water partition coefficient (Wildman–Crippen LogP) is 3.31. The maximum absolute atomic E-state index is 13.8. The fourth-order valence-electron chi connectivity index (χ4n) is 6.24. The summed E-state index contributed by atoms with van der Waals surface area (Å²) in [6.45, 7) is 9.99. The molecule has 1 aromatic rings. The van der Waals surface area contributed by atoms with Crippen LogP contribution in [0.25, 0.3) is 5.57 Å². The molecule has 5 rings (SSSR count). The molecule has 3 aliphatic heterocycles. The standard InChI is InChI=1S/C29H40BN3O6/c1-17(36-6)24(32-27(35)37-7)26(34)33-22-13-10-19(14-22)25(33)23-15-20(16-31-23)18-8-11-21(12-9-18)30-38-28(2,3)29(4,5)39-30/h8-9,11-12,16-17,19,22,24-25H,10,13-15H2,1-7H3,(H,32,35)/t17-,19+,22-,24+,25+/m1/s1. The molecule has 2 saturated heterocycles. The largest absolute Gasteiger partial charge is 0.494 e. The van der Waals surface area contributed by atoms with Crippen molar-refractivity contribution in [1.82, 2.24) is 10.2 Å². The Bertz CT molecular complexity index is 1160. The maximum Gasteiger partial charge on any atom is 0.494 e. The number of hydrogen-bond acceptors (Lipinski definition) is 7. The van der Waals surface area contributed by atoms with Gasteiger partial charge >= 0.3 is 13.2 Å². The number of fused-ring (bicyclic) bond motifs is 2. The number of aliphatic imine (C=N–C) groups is 1. The zero-order valence-corrected chi connectivity index (χ0v) is 24.0. The SMILES string of the molecule is COC(=O)N[C@H](C(=O)N1[C@@H]2CC[C@@H](C2)[C@H]1C1=NC=C(c2ccc(B3OC(C)(C)C(C)(C)O3)cc2)C1)[C@@H](C)OC. The van der Waals surface area contributed by atoms with Crippen molar-refractivity contribution in [2.75, 3.05) is 14.2 Å². The van der Waals surface area contributed by atoms with E-state index in [1.807, 2.05) is 11.1 Å². The van der Waals surface area contributed by atoms with Gasteiger partial charge < -0.3 is 29.0 Å². The molecule has 0 unspecified atom stereocenters. The number of likely N-dealkylation sites (tertiary alicyclic amines) is 1. The zero-order chi connectivity index (χ0) is 28.1. The Labute approximate surface area is 231 Å². The average Bonchev–Trinajstić information content (AvgIpc) is 3.69. The minimum atomic E-state index is -0.832. The van der Waals surface area contributed by atoms with Gasteiger partial charge in [-0.1, -0.05) is 24.3 Å². The van der Waals surface area contributed by atoms with E-state index in [0.717, 1.165) is 41.6 Å². The Hall–Kier alpha value is -2.69. The number of piperidine rings is 1. The van der Waals surface area contributed by atoms with Gasteiger partial charge in [-0.3, -0.25) is 9.79 Å². The van der Waals surface area contributed by atoms with Crippen molar-refractivity contribution >= 4 is 35.9 Å². The van der Waals surface area contributed by atoms with E-state index in [-0.39, 0.29) is 29.2 Å². The lowest BCUT2D eigenvalue weighted by Crippen LogP contribution is -2.59. The normalized spacial score (nSPS) is 28.2. The van der Waals surface area contributed by atoms with Crippen LogP contribution in [0.3, 0.4) is 0 Å². The summed E-state index contributed by atoms with van der Waals surface area (Å²) in [7, 11) is 2.42. The molecule has 39 heavy (non-hydrogen) atoms. The van der Waals surface area contributed by atoms with Crippen LogP contribution in [0.5, 0.6) is 0 Å². The molecule has 0 aromatic heterocycles. The topological polar surface area (TPSA) is 98.7 Å². The predicted molar refractivity (Wildman–Crippen MR) is 150 cm³/mol. The number of carbonyl (C=O) groups excluding carboxylic acids is 2. The molecule has 10 heteroatoms. The third-order valence-electron chi connectivity index (χ3n) is 9.31. The average molecular weight is 537 g/mol. The summed E-state index contributed by atoms with van der Waals surface area (Å²) in [4.78, 5) is 32.7. The lowest BCUT2D eigenvalue weighted by molar-refractivity contribution is -0.139. The van der Waals surface area contributed by atoms with E-state index >= 15 is 0 Å². The quantitative estimate of drug-likeness (QED) is 0.536. The van der Waals surface area contributed by atoms with Crippen molar-refractivity contribution < 1.29 is 28.4 Å². The second kappa shape index (κ2) is 10.4. The summed E-state index contributed by atoms with van der Waals surface area (Å²) in [5, 5.41) is 2.69. The molecule has 5 atom stereocenters. The summed E-state index contributed by atoms with van der Waals surface area (Å²) >= 11 is 0. The van der Waals surface area contributed by atoms with Gasteiger partial charge in [0.2, 0.25) is 5.91 Å². The van der Waals surface area contributed by atoms with Gasteiger partial charge in [0, 0.05) is 31.5 Å². The highest BCUT2D eigenvalue weighted by Gasteiger charge is 2.53. The van der Waals surface area contributed by atoms with Crippen LogP contribution in [0.15, 0.2) is 35.5 Å². The van der Waals surface area contributed by atoms with Gasteiger partial charge in [-0.25, -0.2) is 4.79 Å². The highest BCUT2D eigenvalue weighted by atomic mass is 16.7. The number of hydrogen-bond donors (Lipinski definition) is 1. The summed E-state index contributed by atoms with van der Waals surface area (Å²) < 4.78 is 22.6. The zero-order valence-electron chi connectivity index (χ0n) is 24.0. The minimum absolute atomic E-state index is 0.0833. The van der Waals surface area contributed by atoms with E-state index < -0.39 is 25.4 Å². The fourth-order valence-corrected chi connectivity index (χ4v) is 6.24. The van der Waals surface area contributed by atoms with E-state index in [9.17, 15) is 9.59 Å². The number of methoxy groups -OCH3 is 2. The third-order valence-corrected chi connectivity index (χ3v) is 9.31. The molecule has 3 heterocycles. The van der Waals surface area contributed by atoms with E-state index in [4.69, 9.17) is 23.8 Å². The second-order valence-electron chi connectivity index (χ2n) is 12.1. The first-order chi connectivity index (χ1) is 18.5. The van der Waals surface area contributed by atoms with Crippen LogP contribution >= 0.6 is 0 Å². The molecule has 1 saturated carbocycles. The van der Waals surface area contributed by atoms with Crippen LogP contribution in [0.4, 0.5) is 4.79 Å². The van der Waals surface area contributed by atoms with Crippen molar-refractivity contribution in [1.29, 1.82) is 0 Å². The number of nitrogens with one attached hydrogen (secondary N) is 1. The van der Waals surface area contributed by atoms with Gasteiger partial charge in [0.1, 0.15) is 6.04 Å². The van der Waals surface area contributed by atoms with Crippen LogP contribution in [-0.4, -0.2) is 79.4 Å². The second-order valence-corrected chi connectivity index (χ2v) is 12.1. The molecule has 3 fully saturated rings. The van der Waals surface area contributed by atoms with Gasteiger partial charge in [0.25, 0.3) is 0 Å². The molecule has 210 valence electrons. The number of amides is 2. The highest BCUT2D eigenvalue weighted by molar-refractivity contribution is 6.62. The van der Waals surface area contributed by atoms with Gasteiger partial charge in [-0.15, -0.1) is 0 Å². The Morgan fingerprint density at radius 3 is 2.38 bits per heavy atom. The molecule has 1 aliphatic carbocycles.